The molecule has 0 bridgehead atoms. The zero-order chi connectivity index (χ0) is 32.2. The van der Waals surface area contributed by atoms with Gasteiger partial charge in [-0.05, 0) is 106 Å². The summed E-state index contributed by atoms with van der Waals surface area (Å²) in [6, 6.07) is 55.5. The second-order valence-electron chi connectivity index (χ2n) is 12.0. The number of hydrogen-bond donors (Lipinski definition) is 0. The molecule has 0 saturated heterocycles. The summed E-state index contributed by atoms with van der Waals surface area (Å²) in [5.41, 5.74) is 8.55. The molecule has 48 heavy (non-hydrogen) atoms. The Morgan fingerprint density at radius 2 is 0.771 bits per heavy atom. The van der Waals surface area contributed by atoms with E-state index in [0.717, 1.165) is 38.9 Å². The molecule has 0 radical (unpaired) electrons. The summed E-state index contributed by atoms with van der Waals surface area (Å²) in [5, 5.41) is 25.9. The van der Waals surface area contributed by atoms with E-state index in [1.165, 1.54) is 40.3 Å². The van der Waals surface area contributed by atoms with Crippen molar-refractivity contribution >= 4 is 63.0 Å². The maximum absolute atomic E-state index is 10.5. The average Bonchev–Trinajstić information content (AvgIpc) is 3.72. The van der Waals surface area contributed by atoms with Gasteiger partial charge in [0.1, 0.15) is 0 Å². The number of nitriles is 2. The second kappa shape index (κ2) is 11.3. The van der Waals surface area contributed by atoms with Gasteiger partial charge in [0.15, 0.2) is 0 Å². The Bertz CT molecular complexity index is 2640. The quantitative estimate of drug-likeness (QED) is 0.191. The van der Waals surface area contributed by atoms with Crippen LogP contribution in [-0.2, 0) is 0 Å². The van der Waals surface area contributed by atoms with Crippen molar-refractivity contribution < 1.29 is 0 Å². The van der Waals surface area contributed by atoms with Crippen molar-refractivity contribution in [1.29, 1.82) is 10.5 Å². The first-order chi connectivity index (χ1) is 23.7. The molecule has 0 amide bonds. The van der Waals surface area contributed by atoms with Gasteiger partial charge in [-0.3, -0.25) is 0 Å². The molecule has 9 aromatic rings. The Morgan fingerprint density at radius 1 is 0.333 bits per heavy atom. The van der Waals surface area contributed by atoms with Gasteiger partial charge in [-0.15, -0.1) is 22.7 Å². The minimum Gasteiger partial charge on any atom is -0.192 e. The largest absolute Gasteiger partial charge is 0.192 e. The van der Waals surface area contributed by atoms with Crippen LogP contribution in [-0.4, -0.2) is 0 Å². The van der Waals surface area contributed by atoms with Crippen LogP contribution in [0.25, 0.3) is 84.9 Å². The molecule has 222 valence electrons. The summed E-state index contributed by atoms with van der Waals surface area (Å²) >= 11 is 3.61. The fraction of sp³-hybridized carbons (Fsp3) is 0. The van der Waals surface area contributed by atoms with Gasteiger partial charge in [-0.25, -0.2) is 0 Å². The van der Waals surface area contributed by atoms with Crippen molar-refractivity contribution in [1.82, 2.24) is 0 Å². The lowest BCUT2D eigenvalue weighted by Gasteiger charge is -2.15. The maximum Gasteiger partial charge on any atom is 0.0998 e. The molecule has 0 atom stereocenters. The van der Waals surface area contributed by atoms with E-state index in [1.54, 1.807) is 22.7 Å². The van der Waals surface area contributed by atoms with E-state index < -0.39 is 0 Å². The molecule has 0 aliphatic rings. The SMILES string of the molecule is N#Cc1cc(-c2ccccc2)cc(C#N)c1-c1cc(-c2ccc3sc4ccccc4c3c2)cc(-c2ccc3sc4ccccc4c3c2)c1. The molecule has 7 aromatic carbocycles. The van der Waals surface area contributed by atoms with Gasteiger partial charge in [0.05, 0.1) is 23.3 Å². The maximum atomic E-state index is 10.5. The van der Waals surface area contributed by atoms with Gasteiger partial charge in [0.2, 0.25) is 0 Å². The van der Waals surface area contributed by atoms with Gasteiger partial charge in [0, 0.05) is 45.9 Å². The van der Waals surface area contributed by atoms with Crippen LogP contribution in [0.15, 0.2) is 146 Å². The summed E-state index contributed by atoms with van der Waals surface area (Å²) in [4.78, 5) is 0. The summed E-state index contributed by atoms with van der Waals surface area (Å²) in [7, 11) is 0. The monoisotopic (exact) mass is 644 g/mol. The fourth-order valence-electron chi connectivity index (χ4n) is 6.84. The highest BCUT2D eigenvalue weighted by Gasteiger charge is 2.18. The fourth-order valence-corrected chi connectivity index (χ4v) is 9.02. The molecule has 0 fully saturated rings. The molecular formula is C44H24N2S2. The molecule has 9 rings (SSSR count). The molecule has 0 N–H and O–H groups in total. The molecule has 0 aliphatic carbocycles. The Labute approximate surface area is 285 Å². The Hall–Kier alpha value is -6.04. The van der Waals surface area contributed by atoms with Gasteiger partial charge < -0.3 is 0 Å². The lowest BCUT2D eigenvalue weighted by Crippen LogP contribution is -1.94. The highest BCUT2D eigenvalue weighted by atomic mass is 32.1. The summed E-state index contributed by atoms with van der Waals surface area (Å²) < 4.78 is 5.04. The van der Waals surface area contributed by atoms with Crippen LogP contribution in [0.5, 0.6) is 0 Å². The average molecular weight is 645 g/mol. The molecule has 4 heteroatoms. The van der Waals surface area contributed by atoms with E-state index >= 15 is 0 Å². The number of hydrogen-bond acceptors (Lipinski definition) is 4. The third-order valence-corrected chi connectivity index (χ3v) is 11.4. The van der Waals surface area contributed by atoms with Gasteiger partial charge in [-0.1, -0.05) is 78.9 Å². The summed E-state index contributed by atoms with van der Waals surface area (Å²) in [6.45, 7) is 0. The number of nitrogens with zero attached hydrogens (tertiary/aromatic N) is 2. The van der Waals surface area contributed by atoms with Crippen molar-refractivity contribution in [2.75, 3.05) is 0 Å². The standard InChI is InChI=1S/C44H24N2S2/c45-25-34-21-30(27-8-2-1-3-9-27)22-35(26-46)44(34)33-19-31(28-14-16-42-38(23-28)36-10-4-6-12-40(36)47-42)18-32(20-33)29-15-17-43-39(24-29)37-11-5-7-13-41(37)48-43/h1-24H. The Balaban J connectivity index is 1.30. The molecule has 2 heterocycles. The van der Waals surface area contributed by atoms with Gasteiger partial charge >= 0.3 is 0 Å². The summed E-state index contributed by atoms with van der Waals surface area (Å²) in [6.07, 6.45) is 0. The zero-order valence-corrected chi connectivity index (χ0v) is 27.2. The minimum absolute atomic E-state index is 0.481. The third-order valence-electron chi connectivity index (χ3n) is 9.13. The van der Waals surface area contributed by atoms with E-state index in [2.05, 4.69) is 115 Å². The highest BCUT2D eigenvalue weighted by Crippen LogP contribution is 2.42. The van der Waals surface area contributed by atoms with E-state index in [0.29, 0.717) is 16.7 Å². The zero-order valence-electron chi connectivity index (χ0n) is 25.6. The number of benzene rings is 7. The topological polar surface area (TPSA) is 47.6 Å². The lowest BCUT2D eigenvalue weighted by atomic mass is 9.87. The number of thiophene rings is 2. The van der Waals surface area contributed by atoms with Crippen LogP contribution >= 0.6 is 22.7 Å². The van der Waals surface area contributed by atoms with Crippen LogP contribution in [0.2, 0.25) is 0 Å². The first-order valence-corrected chi connectivity index (χ1v) is 17.3. The molecule has 2 nitrogen and oxygen atoms in total. The van der Waals surface area contributed by atoms with Crippen molar-refractivity contribution in [3.05, 3.63) is 157 Å². The van der Waals surface area contributed by atoms with Crippen molar-refractivity contribution in [3.8, 4) is 56.6 Å². The Morgan fingerprint density at radius 3 is 1.29 bits per heavy atom. The van der Waals surface area contributed by atoms with Gasteiger partial charge in [0.25, 0.3) is 0 Å². The predicted octanol–water partition coefficient (Wildman–Crippen LogP) is 12.8. The molecular weight excluding hydrogens is 621 g/mol. The first-order valence-electron chi connectivity index (χ1n) is 15.7. The molecule has 0 aliphatic heterocycles. The Kier molecular flexibility index (Phi) is 6.66. The van der Waals surface area contributed by atoms with Crippen LogP contribution in [0.1, 0.15) is 11.1 Å². The second-order valence-corrected chi connectivity index (χ2v) is 14.1. The van der Waals surface area contributed by atoms with Gasteiger partial charge in [-0.2, -0.15) is 10.5 Å². The van der Waals surface area contributed by atoms with Crippen molar-refractivity contribution in [3.63, 3.8) is 0 Å². The van der Waals surface area contributed by atoms with E-state index in [4.69, 9.17) is 0 Å². The van der Waals surface area contributed by atoms with Crippen LogP contribution in [0, 0.1) is 22.7 Å². The highest BCUT2D eigenvalue weighted by molar-refractivity contribution is 7.26. The normalized spacial score (nSPS) is 11.3. The van der Waals surface area contributed by atoms with E-state index in [9.17, 15) is 10.5 Å². The van der Waals surface area contributed by atoms with Crippen molar-refractivity contribution in [2.45, 2.75) is 0 Å². The molecule has 0 saturated carbocycles. The van der Waals surface area contributed by atoms with Crippen LogP contribution in [0.4, 0.5) is 0 Å². The minimum atomic E-state index is 0.481. The smallest absolute Gasteiger partial charge is 0.0998 e. The lowest BCUT2D eigenvalue weighted by molar-refractivity contribution is 1.43. The molecule has 0 spiro atoms. The third kappa shape index (κ3) is 4.67. The number of fused-ring (bicyclic) bond motifs is 6. The van der Waals surface area contributed by atoms with E-state index in [-0.39, 0.29) is 0 Å². The predicted molar refractivity (Wildman–Crippen MR) is 203 cm³/mol. The number of rotatable bonds is 4. The van der Waals surface area contributed by atoms with Crippen LogP contribution in [0.3, 0.4) is 0 Å². The molecule has 0 unspecified atom stereocenters. The summed E-state index contributed by atoms with van der Waals surface area (Å²) in [5.74, 6) is 0. The molecule has 2 aromatic heterocycles. The van der Waals surface area contributed by atoms with E-state index in [1.807, 2.05) is 42.5 Å². The van der Waals surface area contributed by atoms with Crippen LogP contribution < -0.4 is 0 Å². The van der Waals surface area contributed by atoms with Crippen molar-refractivity contribution in [2.24, 2.45) is 0 Å². The first kappa shape index (κ1) is 28.2.